The first-order chi connectivity index (χ1) is 6.19. The molecule has 1 rings (SSSR count). The van der Waals surface area contributed by atoms with Crippen LogP contribution < -0.4 is 5.73 Å². The summed E-state index contributed by atoms with van der Waals surface area (Å²) in [6.45, 7) is 2.01. The second kappa shape index (κ2) is 4.53. The molecule has 0 saturated carbocycles. The lowest BCUT2D eigenvalue weighted by Crippen LogP contribution is -2.08. The van der Waals surface area contributed by atoms with Gasteiger partial charge in [0.15, 0.2) is 0 Å². The van der Waals surface area contributed by atoms with Crippen LogP contribution in [0, 0.1) is 0 Å². The van der Waals surface area contributed by atoms with E-state index in [2.05, 4.69) is 0 Å². The molecule has 0 saturated heterocycles. The lowest BCUT2D eigenvalue weighted by Gasteiger charge is -2.12. The molecule has 1 aromatic carbocycles. The van der Waals surface area contributed by atoms with E-state index in [1.807, 2.05) is 25.3 Å². The lowest BCUT2D eigenvalue weighted by molar-refractivity contribution is 0.459. The van der Waals surface area contributed by atoms with Crippen LogP contribution >= 0.6 is 11.8 Å². The van der Waals surface area contributed by atoms with Gasteiger partial charge in [-0.25, -0.2) is 0 Å². The molecule has 0 bridgehead atoms. The summed E-state index contributed by atoms with van der Waals surface area (Å²) in [5.74, 6) is 0.298. The Balaban J connectivity index is 3.03. The quantitative estimate of drug-likeness (QED) is 0.732. The molecule has 0 heterocycles. The predicted octanol–water partition coefficient (Wildman–Crippen LogP) is 2.52. The standard InChI is InChI=1S/C10H15NOS/c1-3-9(11)8-6-7(13-2)4-5-10(8)12/h4-6,9,12H,3,11H2,1-2H3/t9-/m1/s1. The van der Waals surface area contributed by atoms with Gasteiger partial charge in [0, 0.05) is 16.5 Å². The Morgan fingerprint density at radius 2 is 2.23 bits per heavy atom. The molecule has 0 fully saturated rings. The maximum absolute atomic E-state index is 9.54. The summed E-state index contributed by atoms with van der Waals surface area (Å²) >= 11 is 1.65. The lowest BCUT2D eigenvalue weighted by atomic mass is 10.0. The fourth-order valence-electron chi connectivity index (χ4n) is 1.18. The van der Waals surface area contributed by atoms with Gasteiger partial charge >= 0.3 is 0 Å². The maximum Gasteiger partial charge on any atom is 0.120 e. The van der Waals surface area contributed by atoms with Gasteiger partial charge in [0.2, 0.25) is 0 Å². The number of nitrogens with two attached hydrogens (primary N) is 1. The molecular formula is C10H15NOS. The first-order valence-corrected chi connectivity index (χ1v) is 5.54. The monoisotopic (exact) mass is 197 g/mol. The zero-order valence-corrected chi connectivity index (χ0v) is 8.77. The molecule has 0 aliphatic carbocycles. The third-order valence-electron chi connectivity index (χ3n) is 2.07. The minimum atomic E-state index is -0.0629. The zero-order valence-electron chi connectivity index (χ0n) is 7.95. The van der Waals surface area contributed by atoms with Crippen LogP contribution in [0.5, 0.6) is 5.75 Å². The Labute approximate surface area is 83.1 Å². The summed E-state index contributed by atoms with van der Waals surface area (Å²) in [4.78, 5) is 1.14. The molecule has 0 unspecified atom stereocenters. The highest BCUT2D eigenvalue weighted by molar-refractivity contribution is 7.98. The molecule has 1 atom stereocenters. The average Bonchev–Trinajstić information content (AvgIpc) is 2.17. The fourth-order valence-corrected chi connectivity index (χ4v) is 1.63. The molecule has 3 N–H and O–H groups in total. The van der Waals surface area contributed by atoms with Crippen molar-refractivity contribution in [2.75, 3.05) is 6.26 Å². The van der Waals surface area contributed by atoms with Gasteiger partial charge in [-0.3, -0.25) is 0 Å². The smallest absolute Gasteiger partial charge is 0.120 e. The average molecular weight is 197 g/mol. The Morgan fingerprint density at radius 1 is 1.54 bits per heavy atom. The van der Waals surface area contributed by atoms with E-state index in [1.54, 1.807) is 17.8 Å². The molecule has 0 radical (unpaired) electrons. The summed E-state index contributed by atoms with van der Waals surface area (Å²) < 4.78 is 0. The second-order valence-corrected chi connectivity index (χ2v) is 3.82. The molecule has 1 aromatic rings. The molecule has 0 aliphatic heterocycles. The molecule has 2 nitrogen and oxygen atoms in total. The van der Waals surface area contributed by atoms with Gasteiger partial charge in [0.1, 0.15) is 5.75 Å². The van der Waals surface area contributed by atoms with Gasteiger partial charge in [-0.05, 0) is 30.9 Å². The minimum Gasteiger partial charge on any atom is -0.508 e. The van der Waals surface area contributed by atoms with E-state index in [1.165, 1.54) is 0 Å². The van der Waals surface area contributed by atoms with Crippen LogP contribution in [-0.2, 0) is 0 Å². The van der Waals surface area contributed by atoms with Crippen LogP contribution in [0.25, 0.3) is 0 Å². The van der Waals surface area contributed by atoms with Gasteiger partial charge in [-0.1, -0.05) is 6.92 Å². The van der Waals surface area contributed by atoms with Gasteiger partial charge in [-0.2, -0.15) is 0 Å². The highest BCUT2D eigenvalue weighted by Crippen LogP contribution is 2.28. The topological polar surface area (TPSA) is 46.2 Å². The van der Waals surface area contributed by atoms with E-state index in [0.717, 1.165) is 16.9 Å². The number of aromatic hydroxyl groups is 1. The van der Waals surface area contributed by atoms with Crippen LogP contribution in [0.3, 0.4) is 0 Å². The third kappa shape index (κ3) is 2.39. The van der Waals surface area contributed by atoms with Crippen molar-refractivity contribution >= 4 is 11.8 Å². The number of benzene rings is 1. The van der Waals surface area contributed by atoms with Crippen molar-refractivity contribution in [1.29, 1.82) is 0 Å². The van der Waals surface area contributed by atoms with Crippen LogP contribution in [-0.4, -0.2) is 11.4 Å². The van der Waals surface area contributed by atoms with Crippen LogP contribution in [0.15, 0.2) is 23.1 Å². The Hall–Kier alpha value is -0.670. The summed E-state index contributed by atoms with van der Waals surface area (Å²) in [6, 6.07) is 5.49. The largest absolute Gasteiger partial charge is 0.508 e. The number of thioether (sulfide) groups is 1. The normalized spacial score (nSPS) is 12.8. The van der Waals surface area contributed by atoms with Crippen molar-refractivity contribution in [2.24, 2.45) is 5.73 Å². The van der Waals surface area contributed by atoms with Crippen molar-refractivity contribution in [3.63, 3.8) is 0 Å². The third-order valence-corrected chi connectivity index (χ3v) is 2.80. The van der Waals surface area contributed by atoms with E-state index in [0.29, 0.717) is 5.75 Å². The molecule has 0 aliphatic rings. The minimum absolute atomic E-state index is 0.0629. The molecule has 3 heteroatoms. The fraction of sp³-hybridized carbons (Fsp3) is 0.400. The predicted molar refractivity (Wildman–Crippen MR) is 57.1 cm³/mol. The Morgan fingerprint density at radius 3 is 2.77 bits per heavy atom. The highest BCUT2D eigenvalue weighted by Gasteiger charge is 2.08. The van der Waals surface area contributed by atoms with E-state index < -0.39 is 0 Å². The SMILES string of the molecule is CC[C@@H](N)c1cc(SC)ccc1O. The van der Waals surface area contributed by atoms with E-state index in [4.69, 9.17) is 5.73 Å². The summed E-state index contributed by atoms with van der Waals surface area (Å²) in [6.07, 6.45) is 2.85. The number of rotatable bonds is 3. The van der Waals surface area contributed by atoms with Crippen molar-refractivity contribution in [3.8, 4) is 5.75 Å². The maximum atomic E-state index is 9.54. The number of phenols is 1. The van der Waals surface area contributed by atoms with Crippen LogP contribution in [0.1, 0.15) is 24.9 Å². The summed E-state index contributed by atoms with van der Waals surface area (Å²) in [7, 11) is 0. The molecular weight excluding hydrogens is 182 g/mol. The van der Waals surface area contributed by atoms with Crippen molar-refractivity contribution in [1.82, 2.24) is 0 Å². The molecule has 0 aromatic heterocycles. The van der Waals surface area contributed by atoms with Crippen LogP contribution in [0.4, 0.5) is 0 Å². The van der Waals surface area contributed by atoms with Crippen molar-refractivity contribution < 1.29 is 5.11 Å². The Bertz CT molecular complexity index is 288. The first kappa shape index (κ1) is 10.4. The number of hydrogen-bond donors (Lipinski definition) is 2. The molecule has 72 valence electrons. The van der Waals surface area contributed by atoms with Gasteiger partial charge in [0.05, 0.1) is 0 Å². The Kier molecular flexibility index (Phi) is 3.63. The molecule has 13 heavy (non-hydrogen) atoms. The van der Waals surface area contributed by atoms with E-state index >= 15 is 0 Å². The summed E-state index contributed by atoms with van der Waals surface area (Å²) in [5.41, 5.74) is 6.69. The van der Waals surface area contributed by atoms with Crippen molar-refractivity contribution in [2.45, 2.75) is 24.3 Å². The molecule has 0 amide bonds. The number of phenolic OH excluding ortho intramolecular Hbond substituents is 1. The second-order valence-electron chi connectivity index (χ2n) is 2.94. The van der Waals surface area contributed by atoms with Crippen molar-refractivity contribution in [3.05, 3.63) is 23.8 Å². The summed E-state index contributed by atoms with van der Waals surface area (Å²) in [5, 5.41) is 9.54. The van der Waals surface area contributed by atoms with Gasteiger partial charge in [0.25, 0.3) is 0 Å². The first-order valence-electron chi connectivity index (χ1n) is 4.31. The highest BCUT2D eigenvalue weighted by atomic mass is 32.2. The van der Waals surface area contributed by atoms with Gasteiger partial charge < -0.3 is 10.8 Å². The number of hydrogen-bond acceptors (Lipinski definition) is 3. The van der Waals surface area contributed by atoms with E-state index in [-0.39, 0.29) is 6.04 Å². The van der Waals surface area contributed by atoms with Crippen LogP contribution in [0.2, 0.25) is 0 Å². The van der Waals surface area contributed by atoms with E-state index in [9.17, 15) is 5.11 Å². The molecule has 0 spiro atoms. The zero-order chi connectivity index (χ0) is 9.84. The van der Waals surface area contributed by atoms with Gasteiger partial charge in [-0.15, -0.1) is 11.8 Å².